The van der Waals surface area contributed by atoms with Crippen molar-refractivity contribution in [2.75, 3.05) is 19.0 Å². The van der Waals surface area contributed by atoms with Gasteiger partial charge in [-0.1, -0.05) is 18.5 Å². The molecule has 0 aliphatic carbocycles. The number of fused-ring (bicyclic) bond motifs is 2. The van der Waals surface area contributed by atoms with E-state index in [0.29, 0.717) is 58.4 Å². The second-order valence-electron chi connectivity index (χ2n) is 7.15. The van der Waals surface area contributed by atoms with E-state index in [1.54, 1.807) is 28.9 Å². The number of anilines is 2. The number of nitrogens with zero attached hydrogens (tertiary/aromatic N) is 7. The minimum absolute atomic E-state index is 0.145. The number of rotatable bonds is 2. The molecular weight excluding hydrogens is 408 g/mol. The topological polar surface area (TPSA) is 105 Å². The van der Waals surface area contributed by atoms with Crippen molar-refractivity contribution in [1.82, 2.24) is 34.5 Å². The zero-order valence-corrected chi connectivity index (χ0v) is 17.4. The lowest BCUT2D eigenvalue weighted by atomic mass is 10.2. The molecule has 1 aliphatic heterocycles. The molecule has 1 aliphatic rings. The summed E-state index contributed by atoms with van der Waals surface area (Å²) < 4.78 is 15.0. The number of methoxy groups -OCH3 is 1. The minimum atomic E-state index is 0.145. The maximum absolute atomic E-state index is 6.26. The molecule has 4 aromatic rings. The van der Waals surface area contributed by atoms with Gasteiger partial charge in [-0.25, -0.2) is 19.3 Å². The van der Waals surface area contributed by atoms with Gasteiger partial charge in [0, 0.05) is 24.9 Å². The molecule has 1 N–H and O–H groups in total. The second-order valence-corrected chi connectivity index (χ2v) is 7.51. The summed E-state index contributed by atoms with van der Waals surface area (Å²) in [6.07, 6.45) is 3.34. The van der Waals surface area contributed by atoms with Crippen LogP contribution >= 0.6 is 11.6 Å². The summed E-state index contributed by atoms with van der Waals surface area (Å²) in [7, 11) is 1.58. The minimum Gasteiger partial charge on any atom is -0.479 e. The molecule has 0 radical (unpaired) electrons. The van der Waals surface area contributed by atoms with Gasteiger partial charge in [-0.3, -0.25) is 0 Å². The van der Waals surface area contributed by atoms with E-state index in [-0.39, 0.29) is 5.92 Å². The van der Waals surface area contributed by atoms with Crippen LogP contribution in [-0.4, -0.2) is 48.2 Å². The van der Waals surface area contributed by atoms with Crippen LogP contribution in [0.1, 0.15) is 12.6 Å². The lowest BCUT2D eigenvalue weighted by Gasteiger charge is -2.12. The van der Waals surface area contributed by atoms with Crippen molar-refractivity contribution in [3.05, 3.63) is 35.4 Å². The Labute approximate surface area is 176 Å². The van der Waals surface area contributed by atoms with Crippen LogP contribution in [0.5, 0.6) is 11.8 Å². The average molecular weight is 427 g/mol. The Hall–Kier alpha value is -3.40. The Bertz CT molecular complexity index is 1250. The SMILES string of the molecule is COc1ncccc1-n1nc2c(c1C)Nc1ncc3c(Cl)nn(c3n1)C[C@@H](C)CO2. The van der Waals surface area contributed by atoms with E-state index in [1.807, 2.05) is 19.1 Å². The average Bonchev–Trinajstić information content (AvgIpc) is 3.22. The van der Waals surface area contributed by atoms with Gasteiger partial charge in [0.1, 0.15) is 11.4 Å². The van der Waals surface area contributed by atoms with Crippen molar-refractivity contribution in [3.63, 3.8) is 0 Å². The van der Waals surface area contributed by atoms with E-state index in [4.69, 9.17) is 21.1 Å². The van der Waals surface area contributed by atoms with E-state index in [0.717, 1.165) is 5.69 Å². The fourth-order valence-electron chi connectivity index (χ4n) is 3.45. The number of hydrogen-bond acceptors (Lipinski definition) is 8. The maximum atomic E-state index is 6.26. The van der Waals surface area contributed by atoms with E-state index in [2.05, 4.69) is 37.4 Å². The normalized spacial score (nSPS) is 15.9. The number of halogens is 1. The fraction of sp³-hybridized carbons (Fsp3) is 0.316. The lowest BCUT2D eigenvalue weighted by Crippen LogP contribution is -2.16. The molecule has 30 heavy (non-hydrogen) atoms. The highest BCUT2D eigenvalue weighted by molar-refractivity contribution is 6.34. The Kier molecular flexibility index (Phi) is 4.43. The molecule has 154 valence electrons. The summed E-state index contributed by atoms with van der Waals surface area (Å²) >= 11 is 6.26. The standard InChI is InChI=1S/C19H19ClN8O2/c1-10-8-27-16-12(15(20)25-27)7-22-19(24-16)23-14-11(2)28(26-18(14)30-9-10)13-5-4-6-21-17(13)29-3/h4-7,10H,8-9H2,1-3H3,(H,22,23,24)/t10-/m1/s1. The van der Waals surface area contributed by atoms with Gasteiger partial charge in [-0.05, 0) is 19.1 Å². The fourth-order valence-corrected chi connectivity index (χ4v) is 3.67. The van der Waals surface area contributed by atoms with Gasteiger partial charge in [0.15, 0.2) is 10.8 Å². The molecule has 0 fully saturated rings. The monoisotopic (exact) mass is 426 g/mol. The van der Waals surface area contributed by atoms with Crippen molar-refractivity contribution >= 4 is 34.3 Å². The predicted molar refractivity (Wildman–Crippen MR) is 111 cm³/mol. The molecule has 4 aromatic heterocycles. The highest BCUT2D eigenvalue weighted by Gasteiger charge is 2.23. The molecule has 0 saturated heterocycles. The first-order valence-corrected chi connectivity index (χ1v) is 9.81. The summed E-state index contributed by atoms with van der Waals surface area (Å²) in [4.78, 5) is 13.3. The van der Waals surface area contributed by atoms with Crippen molar-refractivity contribution < 1.29 is 9.47 Å². The summed E-state index contributed by atoms with van der Waals surface area (Å²) in [5.41, 5.74) is 2.86. The highest BCUT2D eigenvalue weighted by atomic mass is 35.5. The Morgan fingerprint density at radius 1 is 1.30 bits per heavy atom. The van der Waals surface area contributed by atoms with Crippen molar-refractivity contribution in [3.8, 4) is 17.4 Å². The first kappa shape index (κ1) is 18.6. The van der Waals surface area contributed by atoms with Crippen LogP contribution in [0.15, 0.2) is 24.5 Å². The molecule has 1 atom stereocenters. The Morgan fingerprint density at radius 2 is 2.17 bits per heavy atom. The number of nitrogens with one attached hydrogen (secondary N) is 1. The van der Waals surface area contributed by atoms with Crippen LogP contribution < -0.4 is 14.8 Å². The van der Waals surface area contributed by atoms with Gasteiger partial charge < -0.3 is 14.8 Å². The van der Waals surface area contributed by atoms with Gasteiger partial charge in [0.05, 0.1) is 24.8 Å². The second kappa shape index (κ2) is 7.13. The van der Waals surface area contributed by atoms with E-state index < -0.39 is 0 Å². The van der Waals surface area contributed by atoms with Crippen molar-refractivity contribution in [2.45, 2.75) is 20.4 Å². The third-order valence-electron chi connectivity index (χ3n) is 4.93. The van der Waals surface area contributed by atoms with Crippen LogP contribution in [-0.2, 0) is 6.54 Å². The van der Waals surface area contributed by atoms with E-state index >= 15 is 0 Å². The van der Waals surface area contributed by atoms with E-state index in [9.17, 15) is 0 Å². The molecule has 0 unspecified atom stereocenters. The zero-order chi connectivity index (χ0) is 20.8. The molecule has 0 saturated carbocycles. The number of hydrogen-bond donors (Lipinski definition) is 1. The molecule has 0 amide bonds. The molecular formula is C19H19ClN8O2. The van der Waals surface area contributed by atoms with Gasteiger partial charge in [-0.2, -0.15) is 10.1 Å². The molecule has 5 rings (SSSR count). The largest absolute Gasteiger partial charge is 0.479 e. The van der Waals surface area contributed by atoms with Crippen molar-refractivity contribution in [1.29, 1.82) is 0 Å². The van der Waals surface area contributed by atoms with Gasteiger partial charge >= 0.3 is 0 Å². The molecule has 2 bridgehead atoms. The Balaban J connectivity index is 1.66. The molecule has 0 spiro atoms. The third kappa shape index (κ3) is 3.00. The van der Waals surface area contributed by atoms with Gasteiger partial charge in [0.2, 0.25) is 11.8 Å². The maximum Gasteiger partial charge on any atom is 0.257 e. The van der Waals surface area contributed by atoms with Crippen LogP contribution in [0.2, 0.25) is 5.15 Å². The zero-order valence-electron chi connectivity index (χ0n) is 16.6. The Morgan fingerprint density at radius 3 is 3.00 bits per heavy atom. The summed E-state index contributed by atoms with van der Waals surface area (Å²) in [6.45, 7) is 5.04. The molecule has 11 heteroatoms. The lowest BCUT2D eigenvalue weighted by molar-refractivity contribution is 0.233. The van der Waals surface area contributed by atoms with Crippen LogP contribution in [0.25, 0.3) is 16.7 Å². The molecule has 0 aromatic carbocycles. The van der Waals surface area contributed by atoms with Crippen molar-refractivity contribution in [2.24, 2.45) is 5.92 Å². The third-order valence-corrected chi connectivity index (χ3v) is 5.21. The predicted octanol–water partition coefficient (Wildman–Crippen LogP) is 3.15. The summed E-state index contributed by atoms with van der Waals surface area (Å²) in [5.74, 6) is 1.46. The van der Waals surface area contributed by atoms with Gasteiger partial charge in [-0.15, -0.1) is 5.10 Å². The first-order chi connectivity index (χ1) is 14.5. The van der Waals surface area contributed by atoms with Gasteiger partial charge in [0.25, 0.3) is 5.88 Å². The summed E-state index contributed by atoms with van der Waals surface area (Å²) in [6, 6.07) is 3.71. The molecule has 10 nitrogen and oxygen atoms in total. The quantitative estimate of drug-likeness (QED) is 0.521. The number of ether oxygens (including phenoxy) is 2. The van der Waals surface area contributed by atoms with Crippen LogP contribution in [0.3, 0.4) is 0 Å². The molecule has 5 heterocycles. The smallest absolute Gasteiger partial charge is 0.257 e. The number of aromatic nitrogens is 7. The van der Waals surface area contributed by atoms with E-state index in [1.165, 1.54) is 0 Å². The van der Waals surface area contributed by atoms with Crippen LogP contribution in [0, 0.1) is 12.8 Å². The highest BCUT2D eigenvalue weighted by Crippen LogP contribution is 2.34. The summed E-state index contributed by atoms with van der Waals surface area (Å²) in [5, 5.41) is 13.4. The van der Waals surface area contributed by atoms with Crippen LogP contribution in [0.4, 0.5) is 11.6 Å². The first-order valence-electron chi connectivity index (χ1n) is 9.43. The number of pyridine rings is 1.